The van der Waals surface area contributed by atoms with Crippen molar-refractivity contribution < 1.29 is 4.39 Å². The highest BCUT2D eigenvalue weighted by molar-refractivity contribution is 7.21. The van der Waals surface area contributed by atoms with Crippen LogP contribution in [0.2, 0.25) is 0 Å². The summed E-state index contributed by atoms with van der Waals surface area (Å²) in [5.74, 6) is -0.263. The molecule has 29 heavy (non-hydrogen) atoms. The number of rotatable bonds is 4. The van der Waals surface area contributed by atoms with E-state index in [1.807, 2.05) is 24.3 Å². The molecular formula is C24H20FN3S. The number of pyridine rings is 1. The first-order valence-corrected chi connectivity index (χ1v) is 10.8. The minimum atomic E-state index is -0.334. The van der Waals surface area contributed by atoms with Crippen molar-refractivity contribution in [2.75, 3.05) is 0 Å². The molecule has 6 rings (SSSR count). The molecule has 4 aromatic rings. The Morgan fingerprint density at radius 3 is 2.34 bits per heavy atom. The Morgan fingerprint density at radius 2 is 1.66 bits per heavy atom. The van der Waals surface area contributed by atoms with Crippen LogP contribution in [0.5, 0.6) is 0 Å². The molecule has 2 aromatic heterocycles. The SMILES string of the molecule is NC1(c2ccc(-c3nc4ccc(C5(c6ccccc6)CC5)nc4s3)c(F)c2)CC1. The smallest absolute Gasteiger partial charge is 0.144 e. The molecule has 0 radical (unpaired) electrons. The molecule has 144 valence electrons. The first kappa shape index (κ1) is 17.2. The summed E-state index contributed by atoms with van der Waals surface area (Å²) in [6.07, 6.45) is 4.06. The van der Waals surface area contributed by atoms with Gasteiger partial charge in [-0.3, -0.25) is 0 Å². The van der Waals surface area contributed by atoms with Crippen LogP contribution < -0.4 is 5.73 Å². The van der Waals surface area contributed by atoms with Gasteiger partial charge in [0.1, 0.15) is 21.2 Å². The van der Waals surface area contributed by atoms with Gasteiger partial charge in [-0.05, 0) is 61.1 Å². The lowest BCUT2D eigenvalue weighted by atomic mass is 9.92. The number of nitrogens with zero attached hydrogens (tertiary/aromatic N) is 2. The van der Waals surface area contributed by atoms with E-state index in [0.29, 0.717) is 10.6 Å². The van der Waals surface area contributed by atoms with Gasteiger partial charge in [0, 0.05) is 16.5 Å². The number of hydrogen-bond acceptors (Lipinski definition) is 4. The van der Waals surface area contributed by atoms with Gasteiger partial charge >= 0.3 is 0 Å². The summed E-state index contributed by atoms with van der Waals surface area (Å²) in [6.45, 7) is 0. The van der Waals surface area contributed by atoms with E-state index in [9.17, 15) is 4.39 Å². The summed E-state index contributed by atoms with van der Waals surface area (Å²) >= 11 is 1.45. The molecule has 2 heterocycles. The van der Waals surface area contributed by atoms with Crippen LogP contribution in [-0.4, -0.2) is 9.97 Å². The third kappa shape index (κ3) is 2.72. The molecule has 0 saturated heterocycles. The number of fused-ring (bicyclic) bond motifs is 1. The first-order chi connectivity index (χ1) is 14.1. The van der Waals surface area contributed by atoms with E-state index in [2.05, 4.69) is 35.3 Å². The average molecular weight is 402 g/mol. The number of nitrogens with two attached hydrogens (primary N) is 1. The van der Waals surface area contributed by atoms with Crippen LogP contribution in [0.4, 0.5) is 4.39 Å². The fourth-order valence-corrected chi connectivity index (χ4v) is 5.16. The lowest BCUT2D eigenvalue weighted by Gasteiger charge is -2.14. The van der Waals surface area contributed by atoms with E-state index in [-0.39, 0.29) is 16.8 Å². The van der Waals surface area contributed by atoms with E-state index in [1.165, 1.54) is 16.9 Å². The van der Waals surface area contributed by atoms with Gasteiger partial charge in [-0.1, -0.05) is 47.7 Å². The molecule has 0 atom stereocenters. The van der Waals surface area contributed by atoms with E-state index >= 15 is 0 Å². The molecule has 5 heteroatoms. The Balaban J connectivity index is 1.39. The second-order valence-corrected chi connectivity index (χ2v) is 9.32. The summed E-state index contributed by atoms with van der Waals surface area (Å²) in [7, 11) is 0. The zero-order valence-electron chi connectivity index (χ0n) is 15.9. The highest BCUT2D eigenvalue weighted by Gasteiger charge is 2.47. The van der Waals surface area contributed by atoms with Crippen LogP contribution in [0.15, 0.2) is 60.7 Å². The number of halogens is 1. The van der Waals surface area contributed by atoms with Crippen molar-refractivity contribution in [3.8, 4) is 10.6 Å². The Labute approximate surface area is 172 Å². The Kier molecular flexibility index (Phi) is 3.53. The van der Waals surface area contributed by atoms with Crippen molar-refractivity contribution in [1.29, 1.82) is 0 Å². The normalized spacial score (nSPS) is 18.7. The molecule has 0 bridgehead atoms. The van der Waals surface area contributed by atoms with Gasteiger partial charge in [0.05, 0.1) is 5.69 Å². The summed E-state index contributed by atoms with van der Waals surface area (Å²) in [6, 6.07) is 20.0. The topological polar surface area (TPSA) is 51.8 Å². The van der Waals surface area contributed by atoms with Crippen LogP contribution in [0.1, 0.15) is 42.5 Å². The maximum absolute atomic E-state index is 14.8. The molecule has 0 spiro atoms. The van der Waals surface area contributed by atoms with Gasteiger partial charge in [0.15, 0.2) is 0 Å². The van der Waals surface area contributed by atoms with Crippen LogP contribution in [-0.2, 0) is 11.0 Å². The lowest BCUT2D eigenvalue weighted by molar-refractivity contribution is 0.621. The fraction of sp³-hybridized carbons (Fsp3) is 0.250. The second-order valence-electron chi connectivity index (χ2n) is 8.34. The van der Waals surface area contributed by atoms with Crippen molar-refractivity contribution in [3.63, 3.8) is 0 Å². The predicted molar refractivity (Wildman–Crippen MR) is 114 cm³/mol. The Hall–Kier alpha value is -2.63. The lowest BCUT2D eigenvalue weighted by Crippen LogP contribution is -2.18. The largest absolute Gasteiger partial charge is 0.321 e. The van der Waals surface area contributed by atoms with E-state index in [1.54, 1.807) is 6.07 Å². The zero-order valence-corrected chi connectivity index (χ0v) is 16.7. The highest BCUT2D eigenvalue weighted by atomic mass is 32.1. The van der Waals surface area contributed by atoms with E-state index in [4.69, 9.17) is 10.7 Å². The summed E-state index contributed by atoms with van der Waals surface area (Å²) in [5.41, 5.74) is 10.5. The minimum Gasteiger partial charge on any atom is -0.321 e. The van der Waals surface area contributed by atoms with Gasteiger partial charge < -0.3 is 5.73 Å². The van der Waals surface area contributed by atoms with Gasteiger partial charge in [-0.25, -0.2) is 14.4 Å². The third-order valence-electron chi connectivity index (χ3n) is 6.39. The molecule has 0 aliphatic heterocycles. The van der Waals surface area contributed by atoms with Crippen LogP contribution in [0, 0.1) is 5.82 Å². The molecular weight excluding hydrogens is 381 g/mol. The molecule has 2 saturated carbocycles. The van der Waals surface area contributed by atoms with Crippen molar-refractivity contribution >= 4 is 21.7 Å². The summed E-state index contributed by atoms with van der Waals surface area (Å²) < 4.78 is 14.8. The Morgan fingerprint density at radius 1 is 0.862 bits per heavy atom. The predicted octanol–water partition coefficient (Wildman–Crippen LogP) is 5.53. The summed E-state index contributed by atoms with van der Waals surface area (Å²) in [5, 5.41) is 0.667. The highest BCUT2D eigenvalue weighted by Crippen LogP contribution is 2.53. The van der Waals surface area contributed by atoms with Crippen molar-refractivity contribution in [2.45, 2.75) is 36.6 Å². The molecule has 0 amide bonds. The molecule has 2 fully saturated rings. The van der Waals surface area contributed by atoms with E-state index < -0.39 is 0 Å². The fourth-order valence-electron chi connectivity index (χ4n) is 4.20. The van der Waals surface area contributed by atoms with Crippen LogP contribution in [0.25, 0.3) is 20.9 Å². The number of benzene rings is 2. The molecule has 2 aliphatic carbocycles. The average Bonchev–Trinajstić information content (AvgIpc) is 3.66. The number of aromatic nitrogens is 2. The van der Waals surface area contributed by atoms with Gasteiger partial charge in [0.25, 0.3) is 0 Å². The quantitative estimate of drug-likeness (QED) is 0.489. The molecule has 2 aromatic carbocycles. The zero-order chi connectivity index (χ0) is 19.6. The Bertz CT molecular complexity index is 1240. The maximum Gasteiger partial charge on any atom is 0.144 e. The van der Waals surface area contributed by atoms with E-state index in [0.717, 1.165) is 47.3 Å². The second kappa shape index (κ2) is 5.94. The van der Waals surface area contributed by atoms with Crippen LogP contribution >= 0.6 is 11.3 Å². The van der Waals surface area contributed by atoms with Gasteiger partial charge in [-0.15, -0.1) is 0 Å². The number of thiazole rings is 1. The standard InChI is InChI=1S/C24H20FN3S/c25-18-14-16(24(26)12-13-24)6-7-17(18)21-27-19-8-9-20(28-22(19)29-21)23(10-11-23)15-4-2-1-3-5-15/h1-9,14H,10-13,26H2. The number of hydrogen-bond donors (Lipinski definition) is 1. The van der Waals surface area contributed by atoms with Crippen molar-refractivity contribution in [2.24, 2.45) is 5.73 Å². The van der Waals surface area contributed by atoms with Crippen molar-refractivity contribution in [3.05, 3.63) is 83.3 Å². The molecule has 0 unspecified atom stereocenters. The minimum absolute atomic E-state index is 0.0200. The molecule has 3 nitrogen and oxygen atoms in total. The van der Waals surface area contributed by atoms with Gasteiger partial charge in [-0.2, -0.15) is 0 Å². The van der Waals surface area contributed by atoms with Gasteiger partial charge in [0.2, 0.25) is 0 Å². The third-order valence-corrected chi connectivity index (χ3v) is 7.38. The summed E-state index contributed by atoms with van der Waals surface area (Å²) in [4.78, 5) is 10.5. The first-order valence-electron chi connectivity index (χ1n) is 10.0. The maximum atomic E-state index is 14.8. The molecule has 2 aliphatic rings. The van der Waals surface area contributed by atoms with Crippen molar-refractivity contribution in [1.82, 2.24) is 9.97 Å². The molecule has 2 N–H and O–H groups in total. The van der Waals surface area contributed by atoms with Crippen LogP contribution in [0.3, 0.4) is 0 Å². The monoisotopic (exact) mass is 401 g/mol.